The van der Waals surface area contributed by atoms with E-state index in [-0.39, 0.29) is 0 Å². The van der Waals surface area contributed by atoms with Crippen LogP contribution in [0.3, 0.4) is 0 Å². The summed E-state index contributed by atoms with van der Waals surface area (Å²) in [5, 5.41) is 3.78. The highest BCUT2D eigenvalue weighted by Gasteiger charge is 2.37. The SMILES string of the molecule is c1ccc(CCN2CCNC3(CCCC3)C2)cc1. The first-order valence-electron chi connectivity index (χ1n) is 7.38. The average molecular weight is 244 g/mol. The second-order valence-corrected chi connectivity index (χ2v) is 5.93. The van der Waals surface area contributed by atoms with Crippen LogP contribution in [0.5, 0.6) is 0 Å². The molecular weight excluding hydrogens is 220 g/mol. The molecule has 0 aromatic heterocycles. The van der Waals surface area contributed by atoms with Crippen molar-refractivity contribution in [1.82, 2.24) is 10.2 Å². The molecule has 2 heteroatoms. The summed E-state index contributed by atoms with van der Waals surface area (Å²) in [5.41, 5.74) is 1.94. The van der Waals surface area contributed by atoms with Gasteiger partial charge in [0.15, 0.2) is 0 Å². The fourth-order valence-corrected chi connectivity index (χ4v) is 3.55. The van der Waals surface area contributed by atoms with E-state index >= 15 is 0 Å². The summed E-state index contributed by atoms with van der Waals surface area (Å²) >= 11 is 0. The van der Waals surface area contributed by atoms with Crippen LogP contribution < -0.4 is 5.32 Å². The summed E-state index contributed by atoms with van der Waals surface area (Å²) in [7, 11) is 0. The van der Waals surface area contributed by atoms with Gasteiger partial charge in [-0.1, -0.05) is 43.2 Å². The zero-order valence-electron chi connectivity index (χ0n) is 11.2. The van der Waals surface area contributed by atoms with Gasteiger partial charge >= 0.3 is 0 Å². The number of hydrogen-bond acceptors (Lipinski definition) is 2. The average Bonchev–Trinajstić information content (AvgIpc) is 2.86. The van der Waals surface area contributed by atoms with Gasteiger partial charge in [-0.3, -0.25) is 4.90 Å². The first-order valence-corrected chi connectivity index (χ1v) is 7.38. The van der Waals surface area contributed by atoms with Gasteiger partial charge in [0.1, 0.15) is 0 Å². The molecule has 1 aromatic carbocycles. The molecule has 0 unspecified atom stereocenters. The topological polar surface area (TPSA) is 15.3 Å². The zero-order valence-corrected chi connectivity index (χ0v) is 11.2. The first kappa shape index (κ1) is 12.2. The molecule has 0 atom stereocenters. The largest absolute Gasteiger partial charge is 0.309 e. The molecule has 0 radical (unpaired) electrons. The fraction of sp³-hybridized carbons (Fsp3) is 0.625. The van der Waals surface area contributed by atoms with Gasteiger partial charge in [0.2, 0.25) is 0 Å². The van der Waals surface area contributed by atoms with E-state index in [2.05, 4.69) is 40.5 Å². The third-order valence-electron chi connectivity index (χ3n) is 4.57. The Morgan fingerprint density at radius 3 is 2.67 bits per heavy atom. The molecule has 2 fully saturated rings. The molecule has 1 saturated carbocycles. The summed E-state index contributed by atoms with van der Waals surface area (Å²) < 4.78 is 0. The summed E-state index contributed by atoms with van der Waals surface area (Å²) in [5.74, 6) is 0. The molecule has 1 aromatic rings. The van der Waals surface area contributed by atoms with Crippen molar-refractivity contribution in [1.29, 1.82) is 0 Å². The van der Waals surface area contributed by atoms with E-state index in [4.69, 9.17) is 0 Å². The van der Waals surface area contributed by atoms with E-state index in [0.29, 0.717) is 5.54 Å². The summed E-state index contributed by atoms with van der Waals surface area (Å²) in [4.78, 5) is 2.66. The van der Waals surface area contributed by atoms with Crippen LogP contribution in [0, 0.1) is 0 Å². The Morgan fingerprint density at radius 2 is 1.89 bits per heavy atom. The van der Waals surface area contributed by atoms with Crippen LogP contribution in [0.2, 0.25) is 0 Å². The summed E-state index contributed by atoms with van der Waals surface area (Å²) in [6.07, 6.45) is 6.79. The molecule has 98 valence electrons. The molecule has 2 aliphatic rings. The number of benzene rings is 1. The van der Waals surface area contributed by atoms with E-state index in [1.54, 1.807) is 0 Å². The molecule has 1 heterocycles. The maximum absolute atomic E-state index is 3.78. The molecule has 3 rings (SSSR count). The second-order valence-electron chi connectivity index (χ2n) is 5.93. The van der Waals surface area contributed by atoms with Crippen LogP contribution in [0.4, 0.5) is 0 Å². The van der Waals surface area contributed by atoms with E-state index < -0.39 is 0 Å². The number of hydrogen-bond donors (Lipinski definition) is 1. The van der Waals surface area contributed by atoms with Gasteiger partial charge in [0, 0.05) is 31.7 Å². The molecule has 1 aliphatic carbocycles. The Labute approximate surface area is 110 Å². The Hall–Kier alpha value is -0.860. The smallest absolute Gasteiger partial charge is 0.0309 e. The molecule has 1 N–H and O–H groups in total. The minimum atomic E-state index is 0.467. The van der Waals surface area contributed by atoms with Crippen LogP contribution in [0.1, 0.15) is 31.2 Å². The molecule has 18 heavy (non-hydrogen) atoms. The molecule has 1 saturated heterocycles. The predicted molar refractivity (Wildman–Crippen MR) is 75.8 cm³/mol. The van der Waals surface area contributed by atoms with Crippen molar-refractivity contribution in [2.75, 3.05) is 26.2 Å². The second kappa shape index (κ2) is 5.41. The van der Waals surface area contributed by atoms with Gasteiger partial charge in [-0.05, 0) is 24.8 Å². The van der Waals surface area contributed by atoms with Gasteiger partial charge in [-0.15, -0.1) is 0 Å². The van der Waals surface area contributed by atoms with Crippen molar-refractivity contribution in [2.24, 2.45) is 0 Å². The summed E-state index contributed by atoms with van der Waals surface area (Å²) in [6, 6.07) is 10.9. The standard InChI is InChI=1S/C16H24N2/c1-2-6-15(7-3-1)8-12-18-13-11-17-16(14-18)9-4-5-10-16/h1-3,6-7,17H,4-5,8-14H2. The van der Waals surface area contributed by atoms with Crippen LogP contribution >= 0.6 is 0 Å². The van der Waals surface area contributed by atoms with Crippen LogP contribution in [-0.4, -0.2) is 36.6 Å². The van der Waals surface area contributed by atoms with Gasteiger partial charge in [0.05, 0.1) is 0 Å². The van der Waals surface area contributed by atoms with Crippen molar-refractivity contribution in [3.8, 4) is 0 Å². The lowest BCUT2D eigenvalue weighted by Crippen LogP contribution is -2.59. The van der Waals surface area contributed by atoms with E-state index in [1.165, 1.54) is 63.8 Å². The van der Waals surface area contributed by atoms with Crippen LogP contribution in [0.15, 0.2) is 30.3 Å². The Bertz CT molecular complexity index is 368. The molecule has 1 aliphatic heterocycles. The van der Waals surface area contributed by atoms with E-state index in [0.717, 1.165) is 0 Å². The minimum absolute atomic E-state index is 0.467. The zero-order chi connectivity index (χ0) is 12.3. The van der Waals surface area contributed by atoms with Gasteiger partial charge in [-0.25, -0.2) is 0 Å². The van der Waals surface area contributed by atoms with Gasteiger partial charge in [0.25, 0.3) is 0 Å². The maximum Gasteiger partial charge on any atom is 0.0309 e. The van der Waals surface area contributed by atoms with E-state index in [9.17, 15) is 0 Å². The number of nitrogens with one attached hydrogen (secondary N) is 1. The lowest BCUT2D eigenvalue weighted by atomic mass is 9.94. The highest BCUT2D eigenvalue weighted by atomic mass is 15.2. The van der Waals surface area contributed by atoms with Gasteiger partial charge < -0.3 is 5.32 Å². The monoisotopic (exact) mass is 244 g/mol. The molecule has 2 nitrogen and oxygen atoms in total. The van der Waals surface area contributed by atoms with Crippen LogP contribution in [0.25, 0.3) is 0 Å². The third kappa shape index (κ3) is 2.76. The van der Waals surface area contributed by atoms with Crippen molar-refractivity contribution >= 4 is 0 Å². The highest BCUT2D eigenvalue weighted by Crippen LogP contribution is 2.31. The number of piperazine rings is 1. The van der Waals surface area contributed by atoms with E-state index in [1.807, 2.05) is 0 Å². The number of nitrogens with zero attached hydrogens (tertiary/aromatic N) is 1. The molecular formula is C16H24N2. The maximum atomic E-state index is 3.78. The highest BCUT2D eigenvalue weighted by molar-refractivity contribution is 5.15. The van der Waals surface area contributed by atoms with Crippen molar-refractivity contribution < 1.29 is 0 Å². The third-order valence-corrected chi connectivity index (χ3v) is 4.57. The minimum Gasteiger partial charge on any atom is -0.309 e. The molecule has 0 amide bonds. The lowest BCUT2D eigenvalue weighted by Gasteiger charge is -2.41. The van der Waals surface area contributed by atoms with Gasteiger partial charge in [-0.2, -0.15) is 0 Å². The molecule has 1 spiro atoms. The predicted octanol–water partition coefficient (Wildman–Crippen LogP) is 2.45. The van der Waals surface area contributed by atoms with Crippen molar-refractivity contribution in [2.45, 2.75) is 37.6 Å². The van der Waals surface area contributed by atoms with Crippen molar-refractivity contribution in [3.63, 3.8) is 0 Å². The lowest BCUT2D eigenvalue weighted by molar-refractivity contribution is 0.136. The Kier molecular flexibility index (Phi) is 3.67. The fourth-order valence-electron chi connectivity index (χ4n) is 3.55. The molecule has 0 bridgehead atoms. The summed E-state index contributed by atoms with van der Waals surface area (Å²) in [6.45, 7) is 4.87. The normalized spacial score (nSPS) is 23.6. The Morgan fingerprint density at radius 1 is 1.11 bits per heavy atom. The van der Waals surface area contributed by atoms with Crippen molar-refractivity contribution in [3.05, 3.63) is 35.9 Å². The van der Waals surface area contributed by atoms with Crippen LogP contribution in [-0.2, 0) is 6.42 Å². The first-order chi connectivity index (χ1) is 8.86. The Balaban J connectivity index is 1.54. The number of rotatable bonds is 3. The quantitative estimate of drug-likeness (QED) is 0.878.